The van der Waals surface area contributed by atoms with Crippen molar-refractivity contribution in [2.75, 3.05) is 13.7 Å². The molecular formula is C11H12BrF2NO. The van der Waals surface area contributed by atoms with Gasteiger partial charge in [0.2, 0.25) is 0 Å². The van der Waals surface area contributed by atoms with Crippen LogP contribution in [0.15, 0.2) is 10.5 Å². The highest BCUT2D eigenvalue weighted by atomic mass is 79.9. The van der Waals surface area contributed by atoms with Gasteiger partial charge in [0.05, 0.1) is 11.6 Å². The second kappa shape index (κ2) is 3.96. The molecule has 1 fully saturated rings. The topological polar surface area (TPSA) is 35.2 Å². The van der Waals surface area contributed by atoms with E-state index in [4.69, 9.17) is 10.5 Å². The number of hydrogen-bond donors (Lipinski definition) is 1. The molecule has 2 nitrogen and oxygen atoms in total. The lowest BCUT2D eigenvalue weighted by Gasteiger charge is -2.19. The van der Waals surface area contributed by atoms with Crippen molar-refractivity contribution in [3.8, 4) is 5.75 Å². The molecule has 0 spiro atoms. The molecule has 1 saturated carbocycles. The molecule has 0 unspecified atom stereocenters. The first-order valence-electron chi connectivity index (χ1n) is 4.98. The highest BCUT2D eigenvalue weighted by molar-refractivity contribution is 9.10. The number of benzene rings is 1. The number of hydrogen-bond acceptors (Lipinski definition) is 2. The van der Waals surface area contributed by atoms with Gasteiger partial charge in [-0.15, -0.1) is 0 Å². The highest BCUT2D eigenvalue weighted by Gasteiger charge is 2.48. The standard InChI is InChI=1S/C11H12BrF2NO/c1-16-10-6(12)4-7(13)9(14)8(10)11(5-15)2-3-11/h4H,2-3,5,15H2,1H3. The number of ether oxygens (including phenoxy) is 1. The molecule has 0 aliphatic heterocycles. The molecule has 1 aromatic carbocycles. The van der Waals surface area contributed by atoms with Crippen LogP contribution in [0.1, 0.15) is 18.4 Å². The van der Waals surface area contributed by atoms with E-state index in [9.17, 15) is 8.78 Å². The molecule has 2 rings (SSSR count). The summed E-state index contributed by atoms with van der Waals surface area (Å²) in [4.78, 5) is 0. The van der Waals surface area contributed by atoms with E-state index in [1.165, 1.54) is 7.11 Å². The van der Waals surface area contributed by atoms with Crippen LogP contribution < -0.4 is 10.5 Å². The van der Waals surface area contributed by atoms with Crippen LogP contribution >= 0.6 is 15.9 Å². The summed E-state index contributed by atoms with van der Waals surface area (Å²) in [6.07, 6.45) is 1.54. The molecule has 1 aliphatic carbocycles. The van der Waals surface area contributed by atoms with Crippen molar-refractivity contribution < 1.29 is 13.5 Å². The number of rotatable bonds is 3. The molecule has 0 heterocycles. The van der Waals surface area contributed by atoms with Crippen LogP contribution in [0.4, 0.5) is 8.78 Å². The van der Waals surface area contributed by atoms with Crippen LogP contribution in [-0.4, -0.2) is 13.7 Å². The van der Waals surface area contributed by atoms with Gasteiger partial charge in [0.25, 0.3) is 0 Å². The van der Waals surface area contributed by atoms with Crippen molar-refractivity contribution in [1.82, 2.24) is 0 Å². The Bertz CT molecular complexity index is 432. The van der Waals surface area contributed by atoms with Crippen molar-refractivity contribution in [2.45, 2.75) is 18.3 Å². The van der Waals surface area contributed by atoms with Gasteiger partial charge in [-0.2, -0.15) is 0 Å². The third-order valence-electron chi connectivity index (χ3n) is 3.11. The van der Waals surface area contributed by atoms with E-state index >= 15 is 0 Å². The lowest BCUT2D eigenvalue weighted by molar-refractivity contribution is 0.386. The van der Waals surface area contributed by atoms with Crippen molar-refractivity contribution >= 4 is 15.9 Å². The predicted octanol–water partition coefficient (Wildman–Crippen LogP) is 2.73. The normalized spacial score (nSPS) is 17.3. The summed E-state index contributed by atoms with van der Waals surface area (Å²) in [5.41, 5.74) is 5.46. The summed E-state index contributed by atoms with van der Waals surface area (Å²) in [5.74, 6) is -1.37. The third kappa shape index (κ3) is 1.62. The average molecular weight is 292 g/mol. The fraction of sp³-hybridized carbons (Fsp3) is 0.455. The van der Waals surface area contributed by atoms with Gasteiger partial charge >= 0.3 is 0 Å². The number of nitrogens with two attached hydrogens (primary N) is 1. The van der Waals surface area contributed by atoms with E-state index in [0.717, 1.165) is 18.9 Å². The second-order valence-corrected chi connectivity index (χ2v) is 4.90. The van der Waals surface area contributed by atoms with Crippen molar-refractivity contribution in [2.24, 2.45) is 5.73 Å². The van der Waals surface area contributed by atoms with E-state index in [-0.39, 0.29) is 5.56 Å². The van der Waals surface area contributed by atoms with Crippen molar-refractivity contribution in [3.05, 3.63) is 27.7 Å². The van der Waals surface area contributed by atoms with Gasteiger partial charge in [0, 0.05) is 17.5 Å². The van der Waals surface area contributed by atoms with Gasteiger partial charge < -0.3 is 10.5 Å². The Morgan fingerprint density at radius 1 is 1.50 bits per heavy atom. The zero-order chi connectivity index (χ0) is 11.9. The fourth-order valence-corrected chi connectivity index (χ4v) is 2.52. The van der Waals surface area contributed by atoms with Gasteiger partial charge in [-0.1, -0.05) is 0 Å². The molecule has 1 aliphatic rings. The highest BCUT2D eigenvalue weighted by Crippen LogP contribution is 2.53. The van der Waals surface area contributed by atoms with E-state index in [1.807, 2.05) is 0 Å². The average Bonchev–Trinajstić information content (AvgIpc) is 3.03. The Labute approximate surface area is 101 Å². The summed E-state index contributed by atoms with van der Waals surface area (Å²) in [6, 6.07) is 1.07. The van der Waals surface area contributed by atoms with Crippen LogP contribution in [0.5, 0.6) is 5.75 Å². The molecule has 0 aromatic heterocycles. The summed E-state index contributed by atoms with van der Waals surface area (Å²) in [6.45, 7) is 0.302. The first-order valence-corrected chi connectivity index (χ1v) is 5.77. The Hall–Kier alpha value is -0.680. The fourth-order valence-electron chi connectivity index (χ4n) is 1.96. The van der Waals surface area contributed by atoms with Crippen LogP contribution in [0.3, 0.4) is 0 Å². The summed E-state index contributed by atoms with van der Waals surface area (Å²) in [5, 5.41) is 0. The third-order valence-corrected chi connectivity index (χ3v) is 3.69. The SMILES string of the molecule is COc1c(Br)cc(F)c(F)c1C1(CN)CC1. The summed E-state index contributed by atoms with van der Waals surface area (Å²) in [7, 11) is 1.44. The van der Waals surface area contributed by atoms with Crippen LogP contribution in [0.2, 0.25) is 0 Å². The first-order chi connectivity index (χ1) is 7.55. The van der Waals surface area contributed by atoms with Crippen molar-refractivity contribution in [1.29, 1.82) is 0 Å². The van der Waals surface area contributed by atoms with Crippen molar-refractivity contribution in [3.63, 3.8) is 0 Å². The lowest BCUT2D eigenvalue weighted by atomic mass is 9.94. The van der Waals surface area contributed by atoms with E-state index in [0.29, 0.717) is 16.8 Å². The summed E-state index contributed by atoms with van der Waals surface area (Å²) >= 11 is 3.17. The number of methoxy groups -OCH3 is 1. The van der Waals surface area contributed by atoms with Gasteiger partial charge in [0.15, 0.2) is 11.6 Å². The number of halogens is 3. The van der Waals surface area contributed by atoms with Gasteiger partial charge in [-0.05, 0) is 34.8 Å². The van der Waals surface area contributed by atoms with E-state index in [2.05, 4.69) is 15.9 Å². The molecule has 2 N–H and O–H groups in total. The second-order valence-electron chi connectivity index (χ2n) is 4.05. The molecule has 5 heteroatoms. The predicted molar refractivity (Wildman–Crippen MR) is 60.6 cm³/mol. The Kier molecular flexibility index (Phi) is 2.92. The van der Waals surface area contributed by atoms with Crippen LogP contribution in [-0.2, 0) is 5.41 Å². The van der Waals surface area contributed by atoms with Gasteiger partial charge in [-0.3, -0.25) is 0 Å². The molecule has 16 heavy (non-hydrogen) atoms. The Morgan fingerprint density at radius 3 is 2.56 bits per heavy atom. The largest absolute Gasteiger partial charge is 0.495 e. The minimum absolute atomic E-state index is 0.268. The maximum absolute atomic E-state index is 13.8. The maximum atomic E-state index is 13.8. The molecule has 0 saturated heterocycles. The maximum Gasteiger partial charge on any atom is 0.166 e. The molecule has 0 radical (unpaired) electrons. The summed E-state index contributed by atoms with van der Waals surface area (Å²) < 4.78 is 32.7. The Balaban J connectivity index is 2.66. The van der Waals surface area contributed by atoms with Gasteiger partial charge in [-0.25, -0.2) is 8.78 Å². The molecular weight excluding hydrogens is 280 g/mol. The molecule has 1 aromatic rings. The minimum atomic E-state index is -0.873. The molecule has 0 atom stereocenters. The molecule has 0 amide bonds. The first kappa shape index (κ1) is 11.8. The zero-order valence-electron chi connectivity index (χ0n) is 8.82. The zero-order valence-corrected chi connectivity index (χ0v) is 10.4. The van der Waals surface area contributed by atoms with E-state index in [1.54, 1.807) is 0 Å². The molecule has 0 bridgehead atoms. The van der Waals surface area contributed by atoms with Crippen LogP contribution in [0, 0.1) is 11.6 Å². The monoisotopic (exact) mass is 291 g/mol. The van der Waals surface area contributed by atoms with Crippen LogP contribution in [0.25, 0.3) is 0 Å². The van der Waals surface area contributed by atoms with Gasteiger partial charge in [0.1, 0.15) is 5.75 Å². The van der Waals surface area contributed by atoms with E-state index < -0.39 is 17.0 Å². The molecule has 88 valence electrons. The lowest BCUT2D eigenvalue weighted by Crippen LogP contribution is -2.22. The minimum Gasteiger partial charge on any atom is -0.495 e. The smallest absolute Gasteiger partial charge is 0.166 e. The Morgan fingerprint density at radius 2 is 2.12 bits per heavy atom. The quantitative estimate of drug-likeness (QED) is 0.869.